The van der Waals surface area contributed by atoms with Crippen molar-refractivity contribution in [3.63, 3.8) is 0 Å². The van der Waals surface area contributed by atoms with Crippen LogP contribution in [0, 0.1) is 5.82 Å². The number of thiocarbonyl (C=S) groups is 1. The number of nitrogens with zero attached hydrogens (tertiary/aromatic N) is 2. The summed E-state index contributed by atoms with van der Waals surface area (Å²) in [6.45, 7) is 2.85. The second kappa shape index (κ2) is 7.95. The lowest BCUT2D eigenvalue weighted by Crippen LogP contribution is -2.49. The van der Waals surface area contributed by atoms with Gasteiger partial charge in [0.15, 0.2) is 16.6 Å². The number of carbonyl (C=O) groups is 1. The molecule has 156 valence electrons. The summed E-state index contributed by atoms with van der Waals surface area (Å²) in [4.78, 5) is 16.4. The molecule has 30 heavy (non-hydrogen) atoms. The van der Waals surface area contributed by atoms with Gasteiger partial charge in [0.2, 0.25) is 0 Å². The molecule has 2 heterocycles. The molecular formula is C22H22FN3O3S. The second-order valence-corrected chi connectivity index (χ2v) is 7.68. The largest absolute Gasteiger partial charge is 0.486 e. The van der Waals surface area contributed by atoms with Gasteiger partial charge in [-0.15, -0.1) is 0 Å². The number of hydrogen-bond donors (Lipinski definition) is 1. The summed E-state index contributed by atoms with van der Waals surface area (Å²) in [5, 5.41) is 3.69. The predicted octanol–water partition coefficient (Wildman–Crippen LogP) is 3.39. The highest BCUT2D eigenvalue weighted by Gasteiger charge is 2.35. The predicted molar refractivity (Wildman–Crippen MR) is 116 cm³/mol. The third kappa shape index (κ3) is 3.59. The van der Waals surface area contributed by atoms with E-state index in [0.717, 1.165) is 11.3 Å². The lowest BCUT2D eigenvalue weighted by atomic mass is 9.93. The number of rotatable bonds is 3. The topological polar surface area (TPSA) is 54.0 Å². The van der Waals surface area contributed by atoms with Crippen LogP contribution in [-0.4, -0.2) is 43.2 Å². The zero-order valence-corrected chi connectivity index (χ0v) is 17.8. The van der Waals surface area contributed by atoms with Gasteiger partial charge in [0.25, 0.3) is 5.91 Å². The Hall–Kier alpha value is -3.13. The van der Waals surface area contributed by atoms with Crippen LogP contribution in [0.5, 0.6) is 11.5 Å². The van der Waals surface area contributed by atoms with Crippen molar-refractivity contribution in [3.8, 4) is 11.5 Å². The van der Waals surface area contributed by atoms with E-state index >= 15 is 0 Å². The number of fused-ring (bicyclic) bond motifs is 1. The standard InChI is InChI=1S/C22H22FN3O3S/c1-13-19(21(27)25(2)3)20(14-4-6-15(23)7-5-14)24-22(30)26(13)16-8-9-17-18(12-16)29-11-10-28-17/h4-9,12,20H,10-11H2,1-3H3,(H,24,30). The van der Waals surface area contributed by atoms with Crippen LogP contribution < -0.4 is 19.7 Å². The Labute approximate surface area is 179 Å². The number of benzene rings is 2. The van der Waals surface area contributed by atoms with Gasteiger partial charge in [0.05, 0.1) is 17.3 Å². The summed E-state index contributed by atoms with van der Waals surface area (Å²) in [7, 11) is 3.40. The van der Waals surface area contributed by atoms with E-state index in [1.165, 1.54) is 17.0 Å². The van der Waals surface area contributed by atoms with Gasteiger partial charge in [-0.2, -0.15) is 0 Å². The minimum absolute atomic E-state index is 0.153. The van der Waals surface area contributed by atoms with Crippen LogP contribution in [0.25, 0.3) is 0 Å². The highest BCUT2D eigenvalue weighted by molar-refractivity contribution is 7.80. The maximum Gasteiger partial charge on any atom is 0.253 e. The van der Waals surface area contributed by atoms with E-state index in [1.54, 1.807) is 26.2 Å². The molecule has 2 aliphatic rings. The molecule has 1 unspecified atom stereocenters. The molecule has 2 aromatic carbocycles. The van der Waals surface area contributed by atoms with Crippen LogP contribution in [-0.2, 0) is 4.79 Å². The third-order valence-corrected chi connectivity index (χ3v) is 5.41. The van der Waals surface area contributed by atoms with Gasteiger partial charge in [-0.05, 0) is 49.0 Å². The molecule has 6 nitrogen and oxygen atoms in total. The van der Waals surface area contributed by atoms with E-state index in [1.807, 2.05) is 30.0 Å². The monoisotopic (exact) mass is 427 g/mol. The van der Waals surface area contributed by atoms with Crippen LogP contribution in [0.1, 0.15) is 18.5 Å². The number of hydrogen-bond acceptors (Lipinski definition) is 4. The molecule has 2 aromatic rings. The smallest absolute Gasteiger partial charge is 0.253 e. The van der Waals surface area contributed by atoms with E-state index in [0.29, 0.717) is 41.1 Å². The number of allylic oxidation sites excluding steroid dienone is 1. The zero-order chi connectivity index (χ0) is 21.4. The third-order valence-electron chi connectivity index (χ3n) is 5.11. The van der Waals surface area contributed by atoms with Crippen molar-refractivity contribution in [1.29, 1.82) is 0 Å². The fraction of sp³-hybridized carbons (Fsp3) is 0.273. The average molecular weight is 428 g/mol. The van der Waals surface area contributed by atoms with Crippen LogP contribution in [0.4, 0.5) is 10.1 Å². The Morgan fingerprint density at radius 2 is 1.80 bits per heavy atom. The molecule has 0 spiro atoms. The van der Waals surface area contributed by atoms with E-state index in [-0.39, 0.29) is 11.7 Å². The van der Waals surface area contributed by atoms with Crippen molar-refractivity contribution in [2.24, 2.45) is 0 Å². The van der Waals surface area contributed by atoms with Crippen LogP contribution in [0.3, 0.4) is 0 Å². The molecule has 0 saturated carbocycles. The Balaban J connectivity index is 1.81. The molecule has 8 heteroatoms. The van der Waals surface area contributed by atoms with Gasteiger partial charge < -0.3 is 19.7 Å². The molecule has 0 saturated heterocycles. The average Bonchev–Trinajstić information content (AvgIpc) is 2.73. The van der Waals surface area contributed by atoms with Crippen molar-refractivity contribution in [2.45, 2.75) is 13.0 Å². The van der Waals surface area contributed by atoms with Gasteiger partial charge in [-0.1, -0.05) is 12.1 Å². The Morgan fingerprint density at radius 3 is 2.47 bits per heavy atom. The molecule has 1 N–H and O–H groups in total. The molecule has 1 atom stereocenters. The molecule has 0 radical (unpaired) electrons. The lowest BCUT2D eigenvalue weighted by Gasteiger charge is -2.38. The van der Waals surface area contributed by atoms with Crippen LogP contribution in [0.2, 0.25) is 0 Å². The summed E-state index contributed by atoms with van der Waals surface area (Å²) in [5.41, 5.74) is 2.75. The normalized spacial score (nSPS) is 18.2. The first-order chi connectivity index (χ1) is 14.4. The molecule has 4 rings (SSSR count). The minimum atomic E-state index is -0.485. The van der Waals surface area contributed by atoms with Gasteiger partial charge in [0, 0.05) is 25.9 Å². The molecule has 0 fully saturated rings. The molecule has 1 amide bonds. The van der Waals surface area contributed by atoms with Crippen LogP contribution in [0.15, 0.2) is 53.7 Å². The number of anilines is 1. The number of likely N-dealkylation sites (N-methyl/N-ethyl adjacent to an activating group) is 1. The Kier molecular flexibility index (Phi) is 5.34. The maximum atomic E-state index is 13.4. The fourth-order valence-electron chi connectivity index (χ4n) is 3.65. The summed E-state index contributed by atoms with van der Waals surface area (Å²) in [5.74, 6) is 0.822. The molecule has 0 aliphatic carbocycles. The second-order valence-electron chi connectivity index (χ2n) is 7.30. The van der Waals surface area contributed by atoms with E-state index in [2.05, 4.69) is 5.32 Å². The van der Waals surface area contributed by atoms with Crippen molar-refractivity contribution in [3.05, 3.63) is 65.1 Å². The maximum absolute atomic E-state index is 13.4. The number of halogens is 1. The first kappa shape index (κ1) is 20.2. The highest BCUT2D eigenvalue weighted by Crippen LogP contribution is 2.38. The Morgan fingerprint density at radius 1 is 1.13 bits per heavy atom. The van der Waals surface area contributed by atoms with Gasteiger partial charge in [0.1, 0.15) is 19.0 Å². The van der Waals surface area contributed by atoms with Crippen molar-refractivity contribution in [1.82, 2.24) is 10.2 Å². The van der Waals surface area contributed by atoms with Crippen LogP contribution >= 0.6 is 12.2 Å². The van der Waals surface area contributed by atoms with Crippen molar-refractivity contribution >= 4 is 28.9 Å². The summed E-state index contributed by atoms with van der Waals surface area (Å²) in [6.07, 6.45) is 0. The number of ether oxygens (including phenoxy) is 2. The van der Waals surface area contributed by atoms with Gasteiger partial charge >= 0.3 is 0 Å². The quantitative estimate of drug-likeness (QED) is 0.758. The first-order valence-corrected chi connectivity index (χ1v) is 9.96. The van der Waals surface area contributed by atoms with Crippen molar-refractivity contribution < 1.29 is 18.7 Å². The summed E-state index contributed by atoms with van der Waals surface area (Å²) >= 11 is 5.66. The minimum Gasteiger partial charge on any atom is -0.486 e. The number of amides is 1. The van der Waals surface area contributed by atoms with E-state index < -0.39 is 6.04 Å². The lowest BCUT2D eigenvalue weighted by molar-refractivity contribution is -0.125. The summed E-state index contributed by atoms with van der Waals surface area (Å²) in [6, 6.07) is 11.1. The van der Waals surface area contributed by atoms with E-state index in [4.69, 9.17) is 21.7 Å². The number of carbonyl (C=O) groups excluding carboxylic acids is 1. The zero-order valence-electron chi connectivity index (χ0n) is 16.9. The first-order valence-electron chi connectivity index (χ1n) is 9.55. The molecule has 2 aliphatic heterocycles. The van der Waals surface area contributed by atoms with Gasteiger partial charge in [-0.25, -0.2) is 4.39 Å². The molecule has 0 aromatic heterocycles. The summed E-state index contributed by atoms with van der Waals surface area (Å²) < 4.78 is 24.7. The SMILES string of the molecule is CC1=C(C(=O)N(C)C)C(c2ccc(F)cc2)NC(=S)N1c1ccc2c(c1)OCCO2. The number of nitrogens with one attached hydrogen (secondary N) is 1. The molecule has 0 bridgehead atoms. The molecular weight excluding hydrogens is 405 g/mol. The van der Waals surface area contributed by atoms with E-state index in [9.17, 15) is 9.18 Å². The van der Waals surface area contributed by atoms with Gasteiger partial charge in [-0.3, -0.25) is 9.69 Å². The Bertz CT molecular complexity index is 1040. The fourth-order valence-corrected chi connectivity index (χ4v) is 4.01. The van der Waals surface area contributed by atoms with Crippen molar-refractivity contribution in [2.75, 3.05) is 32.2 Å². The highest BCUT2D eigenvalue weighted by atomic mass is 32.1.